The van der Waals surface area contributed by atoms with Gasteiger partial charge in [0.05, 0.1) is 5.69 Å². The maximum Gasteiger partial charge on any atom is 0.0510 e. The van der Waals surface area contributed by atoms with Gasteiger partial charge in [0, 0.05) is 24.1 Å². The lowest BCUT2D eigenvalue weighted by Crippen LogP contribution is -2.32. The molecule has 0 aliphatic heterocycles. The topological polar surface area (TPSA) is 29.3 Å². The molecule has 0 amide bonds. The third kappa shape index (κ3) is 3.02. The monoisotopic (exact) mass is 296 g/mol. The van der Waals surface area contributed by atoms with Crippen molar-refractivity contribution in [2.24, 2.45) is 11.7 Å². The van der Waals surface area contributed by atoms with Crippen molar-refractivity contribution in [2.45, 2.75) is 32.7 Å². The fourth-order valence-corrected chi connectivity index (χ4v) is 3.00. The van der Waals surface area contributed by atoms with Gasteiger partial charge in [-0.15, -0.1) is 0 Å². The molecular weight excluding hydrogens is 276 g/mol. The third-order valence-electron chi connectivity index (χ3n) is 3.67. The zero-order chi connectivity index (χ0) is 12.3. The van der Waals surface area contributed by atoms with Crippen molar-refractivity contribution in [1.82, 2.24) is 0 Å². The van der Waals surface area contributed by atoms with E-state index in [1.54, 1.807) is 0 Å². The van der Waals surface area contributed by atoms with Crippen LogP contribution >= 0.6 is 15.9 Å². The molecule has 1 saturated carbocycles. The number of anilines is 1. The first-order chi connectivity index (χ1) is 8.24. The molecule has 0 aromatic heterocycles. The smallest absolute Gasteiger partial charge is 0.0510 e. The summed E-state index contributed by atoms with van der Waals surface area (Å²) in [5.74, 6) is 0.899. The van der Waals surface area contributed by atoms with Crippen molar-refractivity contribution in [3.8, 4) is 0 Å². The zero-order valence-electron chi connectivity index (χ0n) is 10.5. The second kappa shape index (κ2) is 5.87. The third-order valence-corrected chi connectivity index (χ3v) is 4.31. The standard InChI is InChI=1S/C14H21BrN2/c1-2-17(10-11-4-3-5-11)14-7-6-12(9-16)8-13(14)15/h6-8,11H,2-5,9-10,16H2,1H3. The van der Waals surface area contributed by atoms with Crippen LogP contribution in [0, 0.1) is 5.92 Å². The highest BCUT2D eigenvalue weighted by atomic mass is 79.9. The van der Waals surface area contributed by atoms with Gasteiger partial charge >= 0.3 is 0 Å². The van der Waals surface area contributed by atoms with E-state index in [1.807, 2.05) is 0 Å². The summed E-state index contributed by atoms with van der Waals surface area (Å²) < 4.78 is 1.17. The Hall–Kier alpha value is -0.540. The molecule has 1 fully saturated rings. The van der Waals surface area contributed by atoms with Gasteiger partial charge in [0.15, 0.2) is 0 Å². The molecule has 0 radical (unpaired) electrons. The van der Waals surface area contributed by atoms with E-state index in [1.165, 1.54) is 41.5 Å². The molecule has 0 atom stereocenters. The highest BCUT2D eigenvalue weighted by Crippen LogP contribution is 2.32. The van der Waals surface area contributed by atoms with Crippen LogP contribution in [0.5, 0.6) is 0 Å². The predicted molar refractivity (Wildman–Crippen MR) is 77.3 cm³/mol. The molecular formula is C14H21BrN2. The Morgan fingerprint density at radius 2 is 2.18 bits per heavy atom. The second-order valence-electron chi connectivity index (χ2n) is 4.83. The first-order valence-corrected chi connectivity index (χ1v) is 7.27. The minimum absolute atomic E-state index is 0.605. The lowest BCUT2D eigenvalue weighted by molar-refractivity contribution is 0.318. The summed E-state index contributed by atoms with van der Waals surface area (Å²) in [6, 6.07) is 6.46. The van der Waals surface area contributed by atoms with Gasteiger partial charge in [0.25, 0.3) is 0 Å². The summed E-state index contributed by atoms with van der Waals surface area (Å²) in [5, 5.41) is 0. The van der Waals surface area contributed by atoms with Gasteiger partial charge in [-0.1, -0.05) is 12.5 Å². The number of hydrogen-bond acceptors (Lipinski definition) is 2. The fourth-order valence-electron chi connectivity index (χ4n) is 2.32. The second-order valence-corrected chi connectivity index (χ2v) is 5.68. The van der Waals surface area contributed by atoms with Crippen molar-refractivity contribution >= 4 is 21.6 Å². The molecule has 0 unspecified atom stereocenters. The maximum absolute atomic E-state index is 5.65. The normalized spacial score (nSPS) is 15.7. The van der Waals surface area contributed by atoms with Crippen LogP contribution in [0.25, 0.3) is 0 Å². The summed E-state index contributed by atoms with van der Waals surface area (Å²) in [6.07, 6.45) is 4.21. The van der Waals surface area contributed by atoms with Gasteiger partial charge in [-0.3, -0.25) is 0 Å². The summed E-state index contributed by atoms with van der Waals surface area (Å²) in [6.45, 7) is 5.09. The zero-order valence-corrected chi connectivity index (χ0v) is 12.0. The summed E-state index contributed by atoms with van der Waals surface area (Å²) in [4.78, 5) is 2.47. The molecule has 17 heavy (non-hydrogen) atoms. The molecule has 1 aromatic rings. The van der Waals surface area contributed by atoms with Crippen LogP contribution in [0.4, 0.5) is 5.69 Å². The fraction of sp³-hybridized carbons (Fsp3) is 0.571. The van der Waals surface area contributed by atoms with Crippen molar-refractivity contribution in [1.29, 1.82) is 0 Å². The quantitative estimate of drug-likeness (QED) is 0.901. The van der Waals surface area contributed by atoms with Crippen LogP contribution in [-0.2, 0) is 6.54 Å². The Morgan fingerprint density at radius 3 is 2.65 bits per heavy atom. The average Bonchev–Trinajstić information content (AvgIpc) is 2.29. The summed E-state index contributed by atoms with van der Waals surface area (Å²) in [7, 11) is 0. The van der Waals surface area contributed by atoms with Crippen molar-refractivity contribution in [2.75, 3.05) is 18.0 Å². The Kier molecular flexibility index (Phi) is 4.46. The van der Waals surface area contributed by atoms with Gasteiger partial charge in [0.2, 0.25) is 0 Å². The molecule has 0 spiro atoms. The predicted octanol–water partition coefficient (Wildman–Crippen LogP) is 3.53. The number of halogens is 1. The number of nitrogens with two attached hydrogens (primary N) is 1. The summed E-state index contributed by atoms with van der Waals surface area (Å²) >= 11 is 3.66. The molecule has 2 nitrogen and oxygen atoms in total. The van der Waals surface area contributed by atoms with Crippen molar-refractivity contribution in [3.63, 3.8) is 0 Å². The van der Waals surface area contributed by atoms with Crippen LogP contribution in [0.2, 0.25) is 0 Å². The van der Waals surface area contributed by atoms with E-state index >= 15 is 0 Å². The molecule has 0 saturated heterocycles. The first kappa shape index (κ1) is 12.9. The van der Waals surface area contributed by atoms with Gasteiger partial charge < -0.3 is 10.6 Å². The molecule has 2 N–H and O–H groups in total. The van der Waals surface area contributed by atoms with Crippen LogP contribution < -0.4 is 10.6 Å². The number of benzene rings is 1. The molecule has 0 heterocycles. The number of rotatable bonds is 5. The van der Waals surface area contributed by atoms with E-state index < -0.39 is 0 Å². The maximum atomic E-state index is 5.65. The average molecular weight is 297 g/mol. The number of hydrogen-bond donors (Lipinski definition) is 1. The highest BCUT2D eigenvalue weighted by molar-refractivity contribution is 9.10. The van der Waals surface area contributed by atoms with Gasteiger partial charge in [-0.05, 0) is 59.3 Å². The molecule has 1 aliphatic rings. The van der Waals surface area contributed by atoms with Gasteiger partial charge in [0.1, 0.15) is 0 Å². The van der Waals surface area contributed by atoms with E-state index in [9.17, 15) is 0 Å². The SMILES string of the molecule is CCN(CC1CCC1)c1ccc(CN)cc1Br. The van der Waals surface area contributed by atoms with E-state index in [0.29, 0.717) is 6.54 Å². The van der Waals surface area contributed by atoms with Crippen molar-refractivity contribution < 1.29 is 0 Å². The molecule has 94 valence electrons. The van der Waals surface area contributed by atoms with Gasteiger partial charge in [-0.25, -0.2) is 0 Å². The van der Waals surface area contributed by atoms with E-state index in [2.05, 4.69) is 46.0 Å². The molecule has 1 aromatic carbocycles. The van der Waals surface area contributed by atoms with Crippen LogP contribution in [0.15, 0.2) is 22.7 Å². The largest absolute Gasteiger partial charge is 0.371 e. The molecule has 0 bridgehead atoms. The van der Waals surface area contributed by atoms with E-state index in [-0.39, 0.29) is 0 Å². The Labute approximate surface area is 112 Å². The van der Waals surface area contributed by atoms with Crippen LogP contribution in [-0.4, -0.2) is 13.1 Å². The molecule has 1 aliphatic carbocycles. The molecule has 2 rings (SSSR count). The minimum Gasteiger partial charge on any atom is -0.371 e. The Morgan fingerprint density at radius 1 is 1.41 bits per heavy atom. The number of nitrogens with zero attached hydrogens (tertiary/aromatic N) is 1. The molecule has 3 heteroatoms. The lowest BCUT2D eigenvalue weighted by atomic mass is 9.85. The van der Waals surface area contributed by atoms with Gasteiger partial charge in [-0.2, -0.15) is 0 Å². The Balaban J connectivity index is 2.11. The summed E-state index contributed by atoms with van der Waals surface area (Å²) in [5.41, 5.74) is 8.14. The van der Waals surface area contributed by atoms with E-state index in [4.69, 9.17) is 5.73 Å². The minimum atomic E-state index is 0.605. The Bertz CT molecular complexity index is 374. The van der Waals surface area contributed by atoms with Crippen LogP contribution in [0.1, 0.15) is 31.7 Å². The van der Waals surface area contributed by atoms with E-state index in [0.717, 1.165) is 12.5 Å². The first-order valence-electron chi connectivity index (χ1n) is 6.48. The van der Waals surface area contributed by atoms with Crippen LogP contribution in [0.3, 0.4) is 0 Å². The van der Waals surface area contributed by atoms with Crippen molar-refractivity contribution in [3.05, 3.63) is 28.2 Å². The highest BCUT2D eigenvalue weighted by Gasteiger charge is 2.21. The lowest BCUT2D eigenvalue weighted by Gasteiger charge is -2.33.